The third-order valence-corrected chi connectivity index (χ3v) is 3.39. The highest BCUT2D eigenvalue weighted by molar-refractivity contribution is 5.80. The molecule has 5 heteroatoms. The van der Waals surface area contributed by atoms with E-state index in [0.29, 0.717) is 25.8 Å². The average molecular weight is 276 g/mol. The maximum atomic E-state index is 11.9. The first-order valence-corrected chi connectivity index (χ1v) is 6.86. The first-order chi connectivity index (χ1) is 9.67. The summed E-state index contributed by atoms with van der Waals surface area (Å²) in [5, 5.41) is 5.67. The van der Waals surface area contributed by atoms with Crippen LogP contribution in [0.5, 0.6) is 5.75 Å². The van der Waals surface area contributed by atoms with Crippen molar-refractivity contribution < 1.29 is 14.3 Å². The van der Waals surface area contributed by atoms with E-state index in [4.69, 9.17) is 4.74 Å². The van der Waals surface area contributed by atoms with Crippen molar-refractivity contribution in [2.45, 2.75) is 31.7 Å². The minimum Gasteiger partial charge on any atom is -0.497 e. The molecule has 1 fully saturated rings. The van der Waals surface area contributed by atoms with Gasteiger partial charge >= 0.3 is 0 Å². The van der Waals surface area contributed by atoms with Gasteiger partial charge in [-0.05, 0) is 30.5 Å². The van der Waals surface area contributed by atoms with Crippen LogP contribution in [0.4, 0.5) is 0 Å². The zero-order chi connectivity index (χ0) is 14.4. The van der Waals surface area contributed by atoms with Gasteiger partial charge < -0.3 is 15.4 Å². The number of amides is 2. The van der Waals surface area contributed by atoms with Crippen molar-refractivity contribution in [3.8, 4) is 5.75 Å². The summed E-state index contributed by atoms with van der Waals surface area (Å²) in [4.78, 5) is 23.1. The molecule has 0 bridgehead atoms. The molecule has 1 heterocycles. The van der Waals surface area contributed by atoms with Crippen LogP contribution in [-0.2, 0) is 16.0 Å². The summed E-state index contributed by atoms with van der Waals surface area (Å²) in [5.74, 6) is 0.800. The molecule has 2 amide bonds. The van der Waals surface area contributed by atoms with Crippen molar-refractivity contribution in [1.82, 2.24) is 10.6 Å². The lowest BCUT2D eigenvalue weighted by atomic mass is 10.1. The van der Waals surface area contributed by atoms with E-state index in [1.165, 1.54) is 0 Å². The van der Waals surface area contributed by atoms with Crippen molar-refractivity contribution in [1.29, 1.82) is 0 Å². The topological polar surface area (TPSA) is 67.4 Å². The van der Waals surface area contributed by atoms with Crippen molar-refractivity contribution in [2.75, 3.05) is 13.7 Å². The number of nitrogens with one attached hydrogen (secondary N) is 2. The molecular weight excluding hydrogens is 256 g/mol. The van der Waals surface area contributed by atoms with Crippen LogP contribution in [0.2, 0.25) is 0 Å². The van der Waals surface area contributed by atoms with Crippen molar-refractivity contribution in [3.05, 3.63) is 29.8 Å². The number of hydrogen-bond acceptors (Lipinski definition) is 3. The van der Waals surface area contributed by atoms with E-state index in [0.717, 1.165) is 17.7 Å². The van der Waals surface area contributed by atoms with Crippen LogP contribution >= 0.6 is 0 Å². The molecule has 5 nitrogen and oxygen atoms in total. The van der Waals surface area contributed by atoms with Crippen LogP contribution in [0.3, 0.4) is 0 Å². The van der Waals surface area contributed by atoms with Gasteiger partial charge in [0, 0.05) is 25.4 Å². The molecule has 20 heavy (non-hydrogen) atoms. The Morgan fingerprint density at radius 3 is 3.10 bits per heavy atom. The second kappa shape index (κ2) is 6.93. The summed E-state index contributed by atoms with van der Waals surface area (Å²) in [6, 6.07) is 7.67. The highest BCUT2D eigenvalue weighted by Gasteiger charge is 2.20. The molecule has 1 aliphatic rings. The first-order valence-electron chi connectivity index (χ1n) is 6.86. The third-order valence-electron chi connectivity index (χ3n) is 3.39. The molecule has 0 aliphatic carbocycles. The molecule has 2 rings (SSSR count). The van der Waals surface area contributed by atoms with Crippen LogP contribution in [0.15, 0.2) is 24.3 Å². The summed E-state index contributed by atoms with van der Waals surface area (Å²) in [7, 11) is 1.62. The lowest BCUT2D eigenvalue weighted by Gasteiger charge is -2.23. The summed E-state index contributed by atoms with van der Waals surface area (Å²) < 4.78 is 5.15. The quantitative estimate of drug-likeness (QED) is 0.844. The van der Waals surface area contributed by atoms with Gasteiger partial charge in [0.15, 0.2) is 0 Å². The molecule has 1 aliphatic heterocycles. The number of benzene rings is 1. The van der Waals surface area contributed by atoms with Gasteiger partial charge in [0.05, 0.1) is 7.11 Å². The molecule has 2 N–H and O–H groups in total. The zero-order valence-electron chi connectivity index (χ0n) is 11.6. The molecular formula is C15H20N2O3. The Labute approximate surface area is 118 Å². The van der Waals surface area contributed by atoms with Crippen LogP contribution < -0.4 is 15.4 Å². The van der Waals surface area contributed by atoms with Gasteiger partial charge in [-0.1, -0.05) is 12.1 Å². The van der Waals surface area contributed by atoms with Gasteiger partial charge in [-0.2, -0.15) is 0 Å². The average Bonchev–Trinajstić information content (AvgIpc) is 2.45. The van der Waals surface area contributed by atoms with E-state index >= 15 is 0 Å². The molecule has 1 atom stereocenters. The van der Waals surface area contributed by atoms with E-state index in [1.54, 1.807) is 7.11 Å². The summed E-state index contributed by atoms with van der Waals surface area (Å²) in [5.41, 5.74) is 1.07. The fourth-order valence-electron chi connectivity index (χ4n) is 2.29. The maximum Gasteiger partial charge on any atom is 0.222 e. The van der Waals surface area contributed by atoms with Gasteiger partial charge in [-0.25, -0.2) is 0 Å². The lowest BCUT2D eigenvalue weighted by molar-refractivity contribution is -0.124. The van der Waals surface area contributed by atoms with Crippen LogP contribution in [-0.4, -0.2) is 31.5 Å². The van der Waals surface area contributed by atoms with Crippen LogP contribution in [0.25, 0.3) is 0 Å². The molecule has 0 radical (unpaired) electrons. The Hall–Kier alpha value is -2.04. The summed E-state index contributed by atoms with van der Waals surface area (Å²) in [6.07, 6.45) is 2.27. The predicted octanol–water partition coefficient (Wildman–Crippen LogP) is 1.02. The summed E-state index contributed by atoms with van der Waals surface area (Å²) >= 11 is 0. The highest BCUT2D eigenvalue weighted by Crippen LogP contribution is 2.14. The smallest absolute Gasteiger partial charge is 0.222 e. The number of aryl methyl sites for hydroxylation is 1. The maximum absolute atomic E-state index is 11.9. The molecule has 0 saturated carbocycles. The normalized spacial score (nSPS) is 18.2. The Morgan fingerprint density at radius 1 is 1.50 bits per heavy atom. The minimum atomic E-state index is -0.0263. The number of piperidine rings is 1. The van der Waals surface area contributed by atoms with Crippen LogP contribution in [0.1, 0.15) is 24.8 Å². The standard InChI is InChI=1S/C15H20N2O3/c1-20-13-4-2-3-11(9-13)5-6-14(18)17-12-7-8-16-15(19)10-12/h2-4,9,12H,5-8,10H2,1H3,(H,16,19)(H,17,18). The van der Waals surface area contributed by atoms with Crippen molar-refractivity contribution >= 4 is 11.8 Å². The van der Waals surface area contributed by atoms with Crippen molar-refractivity contribution in [2.24, 2.45) is 0 Å². The third kappa shape index (κ3) is 4.26. The van der Waals surface area contributed by atoms with Gasteiger partial charge in [0.2, 0.25) is 11.8 Å². The van der Waals surface area contributed by atoms with Crippen molar-refractivity contribution in [3.63, 3.8) is 0 Å². The SMILES string of the molecule is COc1cccc(CCC(=O)NC2CCNC(=O)C2)c1. The highest BCUT2D eigenvalue weighted by atomic mass is 16.5. The second-order valence-corrected chi connectivity index (χ2v) is 4.96. The molecule has 0 spiro atoms. The monoisotopic (exact) mass is 276 g/mol. The first kappa shape index (κ1) is 14.4. The van der Waals surface area contributed by atoms with Gasteiger partial charge in [0.25, 0.3) is 0 Å². The number of carbonyl (C=O) groups excluding carboxylic acids is 2. The zero-order valence-corrected chi connectivity index (χ0v) is 11.6. The summed E-state index contributed by atoms with van der Waals surface area (Å²) in [6.45, 7) is 0.639. The molecule has 1 aromatic carbocycles. The Morgan fingerprint density at radius 2 is 2.35 bits per heavy atom. The number of hydrogen-bond donors (Lipinski definition) is 2. The fraction of sp³-hybridized carbons (Fsp3) is 0.467. The number of methoxy groups -OCH3 is 1. The minimum absolute atomic E-state index is 0.00693. The molecule has 1 saturated heterocycles. The van der Waals surface area contributed by atoms with E-state index in [2.05, 4.69) is 10.6 Å². The Balaban J connectivity index is 1.78. The van der Waals surface area contributed by atoms with Gasteiger partial charge in [0.1, 0.15) is 5.75 Å². The molecule has 0 aromatic heterocycles. The molecule has 1 aromatic rings. The number of ether oxygens (including phenoxy) is 1. The Bertz CT molecular complexity index is 488. The van der Waals surface area contributed by atoms with E-state index in [9.17, 15) is 9.59 Å². The van der Waals surface area contributed by atoms with E-state index in [1.807, 2.05) is 24.3 Å². The van der Waals surface area contributed by atoms with Gasteiger partial charge in [-0.15, -0.1) is 0 Å². The van der Waals surface area contributed by atoms with Gasteiger partial charge in [-0.3, -0.25) is 9.59 Å². The lowest BCUT2D eigenvalue weighted by Crippen LogP contribution is -2.45. The molecule has 108 valence electrons. The second-order valence-electron chi connectivity index (χ2n) is 4.96. The van der Waals surface area contributed by atoms with E-state index < -0.39 is 0 Å². The van der Waals surface area contributed by atoms with E-state index in [-0.39, 0.29) is 17.9 Å². The fourth-order valence-corrected chi connectivity index (χ4v) is 2.29. The number of carbonyl (C=O) groups is 2. The Kier molecular flexibility index (Phi) is 4.98. The molecule has 1 unspecified atom stereocenters. The number of rotatable bonds is 5. The largest absolute Gasteiger partial charge is 0.497 e. The predicted molar refractivity (Wildman–Crippen MR) is 75.5 cm³/mol. The van der Waals surface area contributed by atoms with Crippen LogP contribution in [0, 0.1) is 0 Å².